The van der Waals surface area contributed by atoms with Gasteiger partial charge in [-0.3, -0.25) is 4.79 Å². The molecule has 4 heteroatoms. The first-order chi connectivity index (χ1) is 9.60. The van der Waals surface area contributed by atoms with Gasteiger partial charge >= 0.3 is 0 Å². The molecule has 0 spiro atoms. The Bertz CT molecular complexity index is 580. The third kappa shape index (κ3) is 4.06. The highest BCUT2D eigenvalue weighted by Gasteiger charge is 2.13. The van der Waals surface area contributed by atoms with Crippen molar-refractivity contribution in [3.63, 3.8) is 0 Å². The van der Waals surface area contributed by atoms with Gasteiger partial charge in [0, 0.05) is 13.6 Å². The number of hydrogen-bond donors (Lipinski definition) is 1. The fourth-order valence-corrected chi connectivity index (χ4v) is 2.58. The molecule has 1 atom stereocenters. The zero-order chi connectivity index (χ0) is 14.5. The molecular formula is C16H15BrINO. The summed E-state index contributed by atoms with van der Waals surface area (Å²) < 4.78 is 2.17. The summed E-state index contributed by atoms with van der Waals surface area (Å²) in [6.07, 6.45) is 0.859. The van der Waals surface area contributed by atoms with Gasteiger partial charge < -0.3 is 5.32 Å². The summed E-state index contributed by atoms with van der Waals surface area (Å²) in [6, 6.07) is 15.7. The number of hydrogen-bond acceptors (Lipinski definition) is 1. The Balaban J connectivity index is 2.11. The van der Waals surface area contributed by atoms with Crippen LogP contribution in [0.1, 0.15) is 35.3 Å². The van der Waals surface area contributed by atoms with E-state index in [-0.39, 0.29) is 11.9 Å². The Kier molecular flexibility index (Phi) is 5.60. The standard InChI is InChI=1S/C16H15BrINO/c1-2-15(11-3-7-13(17)8-4-11)19-16(20)12-5-9-14(18)10-6-12/h3-10,15H,2H2,1H3,(H,19,20). The lowest BCUT2D eigenvalue weighted by Crippen LogP contribution is -2.28. The summed E-state index contributed by atoms with van der Waals surface area (Å²) >= 11 is 5.65. The van der Waals surface area contributed by atoms with Crippen LogP contribution < -0.4 is 5.32 Å². The Morgan fingerprint density at radius 1 is 1.15 bits per heavy atom. The van der Waals surface area contributed by atoms with Crippen LogP contribution in [0, 0.1) is 3.57 Å². The lowest BCUT2D eigenvalue weighted by atomic mass is 10.0. The van der Waals surface area contributed by atoms with Gasteiger partial charge in [0.1, 0.15) is 0 Å². The summed E-state index contributed by atoms with van der Waals surface area (Å²) in [5, 5.41) is 3.08. The van der Waals surface area contributed by atoms with Crippen molar-refractivity contribution in [3.05, 3.63) is 67.7 Å². The molecular weight excluding hydrogens is 429 g/mol. The van der Waals surface area contributed by atoms with Gasteiger partial charge in [0.2, 0.25) is 0 Å². The van der Waals surface area contributed by atoms with Crippen LogP contribution in [0.4, 0.5) is 0 Å². The first-order valence-corrected chi connectivity index (χ1v) is 8.29. The van der Waals surface area contributed by atoms with Crippen molar-refractivity contribution < 1.29 is 4.79 Å². The van der Waals surface area contributed by atoms with Crippen molar-refractivity contribution in [1.29, 1.82) is 0 Å². The SMILES string of the molecule is CCC(NC(=O)c1ccc(I)cc1)c1ccc(Br)cc1. The summed E-state index contributed by atoms with van der Waals surface area (Å²) in [7, 11) is 0. The summed E-state index contributed by atoms with van der Waals surface area (Å²) in [5.74, 6) is -0.0313. The Hall–Kier alpha value is -0.880. The van der Waals surface area contributed by atoms with Crippen LogP contribution in [-0.2, 0) is 0 Å². The molecule has 20 heavy (non-hydrogen) atoms. The summed E-state index contributed by atoms with van der Waals surface area (Å²) in [4.78, 5) is 12.2. The van der Waals surface area contributed by atoms with Crippen molar-refractivity contribution in [2.75, 3.05) is 0 Å². The maximum atomic E-state index is 12.2. The highest BCUT2D eigenvalue weighted by Crippen LogP contribution is 2.20. The van der Waals surface area contributed by atoms with Gasteiger partial charge in [-0.1, -0.05) is 35.0 Å². The zero-order valence-electron chi connectivity index (χ0n) is 11.1. The molecule has 0 aromatic heterocycles. The molecule has 1 unspecified atom stereocenters. The van der Waals surface area contributed by atoms with Crippen LogP contribution in [0.5, 0.6) is 0 Å². The molecule has 104 valence electrons. The quantitative estimate of drug-likeness (QED) is 0.666. The third-order valence-corrected chi connectivity index (χ3v) is 4.34. The molecule has 0 saturated heterocycles. The van der Waals surface area contributed by atoms with Crippen molar-refractivity contribution in [3.8, 4) is 0 Å². The van der Waals surface area contributed by atoms with Gasteiger partial charge in [0.05, 0.1) is 6.04 Å². The second-order valence-corrected chi connectivity index (χ2v) is 6.65. The fraction of sp³-hybridized carbons (Fsp3) is 0.188. The fourth-order valence-electron chi connectivity index (χ4n) is 1.96. The van der Waals surface area contributed by atoms with Gasteiger partial charge in [0.25, 0.3) is 5.91 Å². The molecule has 2 rings (SSSR count). The van der Waals surface area contributed by atoms with Crippen molar-refractivity contribution in [2.45, 2.75) is 19.4 Å². The molecule has 1 N–H and O–H groups in total. The average Bonchev–Trinajstić information content (AvgIpc) is 2.46. The predicted octanol–water partition coefficient (Wildman–Crippen LogP) is 4.93. The highest BCUT2D eigenvalue weighted by atomic mass is 127. The van der Waals surface area contributed by atoms with E-state index in [9.17, 15) is 4.79 Å². The minimum absolute atomic E-state index is 0.0313. The number of benzene rings is 2. The summed E-state index contributed by atoms with van der Waals surface area (Å²) in [6.45, 7) is 2.07. The zero-order valence-corrected chi connectivity index (χ0v) is 14.8. The van der Waals surface area contributed by atoms with Crippen LogP contribution in [0.3, 0.4) is 0 Å². The normalized spacial score (nSPS) is 11.9. The van der Waals surface area contributed by atoms with Gasteiger partial charge in [0.15, 0.2) is 0 Å². The van der Waals surface area contributed by atoms with Crippen molar-refractivity contribution in [2.24, 2.45) is 0 Å². The molecule has 0 fully saturated rings. The lowest BCUT2D eigenvalue weighted by molar-refractivity contribution is 0.0935. The van der Waals surface area contributed by atoms with E-state index in [2.05, 4.69) is 50.8 Å². The Morgan fingerprint density at radius 2 is 1.75 bits per heavy atom. The van der Waals surface area contributed by atoms with E-state index in [1.54, 1.807) is 0 Å². The molecule has 0 radical (unpaired) electrons. The topological polar surface area (TPSA) is 29.1 Å². The minimum atomic E-state index is -0.0313. The lowest BCUT2D eigenvalue weighted by Gasteiger charge is -2.17. The van der Waals surface area contributed by atoms with Crippen molar-refractivity contribution >= 4 is 44.4 Å². The van der Waals surface area contributed by atoms with E-state index in [0.717, 1.165) is 20.0 Å². The second kappa shape index (κ2) is 7.22. The second-order valence-electron chi connectivity index (χ2n) is 4.49. The molecule has 1 amide bonds. The van der Waals surface area contributed by atoms with E-state index in [1.807, 2.05) is 48.5 Å². The van der Waals surface area contributed by atoms with Crippen LogP contribution >= 0.6 is 38.5 Å². The minimum Gasteiger partial charge on any atom is -0.345 e. The molecule has 2 aromatic carbocycles. The third-order valence-electron chi connectivity index (χ3n) is 3.09. The molecule has 0 aliphatic heterocycles. The highest BCUT2D eigenvalue weighted by molar-refractivity contribution is 14.1. The van der Waals surface area contributed by atoms with E-state index < -0.39 is 0 Å². The van der Waals surface area contributed by atoms with Gasteiger partial charge in [-0.2, -0.15) is 0 Å². The van der Waals surface area contributed by atoms with Crippen molar-refractivity contribution in [1.82, 2.24) is 5.32 Å². The molecule has 0 aliphatic carbocycles. The number of amides is 1. The predicted molar refractivity (Wildman–Crippen MR) is 93.8 cm³/mol. The van der Waals surface area contributed by atoms with Crippen LogP contribution in [0.2, 0.25) is 0 Å². The van der Waals surface area contributed by atoms with Crippen LogP contribution in [0.25, 0.3) is 0 Å². The molecule has 2 nitrogen and oxygen atoms in total. The smallest absolute Gasteiger partial charge is 0.251 e. The van der Waals surface area contributed by atoms with E-state index >= 15 is 0 Å². The molecule has 0 aliphatic rings. The number of rotatable bonds is 4. The maximum Gasteiger partial charge on any atom is 0.251 e. The van der Waals surface area contributed by atoms with E-state index in [0.29, 0.717) is 5.56 Å². The number of carbonyl (C=O) groups is 1. The molecule has 0 bridgehead atoms. The molecule has 2 aromatic rings. The van der Waals surface area contributed by atoms with Crippen LogP contribution in [0.15, 0.2) is 53.0 Å². The Labute approximate surface area is 141 Å². The van der Waals surface area contributed by atoms with Gasteiger partial charge in [-0.05, 0) is 71.0 Å². The largest absolute Gasteiger partial charge is 0.345 e. The van der Waals surface area contributed by atoms with Gasteiger partial charge in [-0.25, -0.2) is 0 Å². The van der Waals surface area contributed by atoms with E-state index in [4.69, 9.17) is 0 Å². The summed E-state index contributed by atoms with van der Waals surface area (Å²) in [5.41, 5.74) is 1.82. The van der Waals surface area contributed by atoms with Crippen LogP contribution in [-0.4, -0.2) is 5.91 Å². The van der Waals surface area contributed by atoms with Gasteiger partial charge in [-0.15, -0.1) is 0 Å². The first kappa shape index (κ1) is 15.5. The monoisotopic (exact) mass is 443 g/mol. The maximum absolute atomic E-state index is 12.2. The van der Waals surface area contributed by atoms with E-state index in [1.165, 1.54) is 0 Å². The molecule has 0 saturated carbocycles. The average molecular weight is 444 g/mol. The Morgan fingerprint density at radius 3 is 2.30 bits per heavy atom. The number of nitrogens with one attached hydrogen (secondary N) is 1. The number of halogens is 2. The number of carbonyl (C=O) groups excluding carboxylic acids is 1. The molecule has 0 heterocycles. The first-order valence-electron chi connectivity index (χ1n) is 6.42.